The van der Waals surface area contributed by atoms with Crippen LogP contribution in [0.3, 0.4) is 0 Å². The van der Waals surface area contributed by atoms with E-state index in [4.69, 9.17) is 9.40 Å². The molecule has 1 amide bonds. The molecule has 2 aromatic carbocycles. The van der Waals surface area contributed by atoms with E-state index in [-0.39, 0.29) is 17.4 Å². The molecular weight excluding hydrogens is 582 g/mol. The van der Waals surface area contributed by atoms with Crippen LogP contribution in [0, 0.1) is 13.8 Å². The number of piperazine rings is 1. The lowest BCUT2D eigenvalue weighted by Crippen LogP contribution is -2.50. The number of nitrogens with one attached hydrogen (secondary N) is 1. The molecule has 0 spiro atoms. The van der Waals surface area contributed by atoms with Gasteiger partial charge in [0.2, 0.25) is 5.89 Å². The van der Waals surface area contributed by atoms with Crippen molar-refractivity contribution in [1.82, 2.24) is 50.2 Å². The van der Waals surface area contributed by atoms with Crippen LogP contribution >= 0.6 is 0 Å². The molecule has 1 N–H and O–H groups in total. The molecule has 6 aromatic rings. The Morgan fingerprint density at radius 1 is 0.978 bits per heavy atom. The number of aromatic amines is 1. The molecule has 228 valence electrons. The molecule has 1 aliphatic heterocycles. The van der Waals surface area contributed by atoms with Gasteiger partial charge in [0, 0.05) is 49.2 Å². The van der Waals surface area contributed by atoms with Gasteiger partial charge in [-0.1, -0.05) is 41.2 Å². The number of alkyl halides is 2. The molecule has 1 atom stereocenters. The first-order valence-corrected chi connectivity index (χ1v) is 14.4. The number of hydrogen-bond donors (Lipinski definition) is 1. The number of tetrazole rings is 1. The average Bonchev–Trinajstić information content (AvgIpc) is 3.80. The summed E-state index contributed by atoms with van der Waals surface area (Å²) in [4.78, 5) is 26.7. The molecule has 1 saturated heterocycles. The highest BCUT2D eigenvalue weighted by Gasteiger charge is 2.32. The predicted molar refractivity (Wildman–Crippen MR) is 159 cm³/mol. The van der Waals surface area contributed by atoms with Gasteiger partial charge in [-0.05, 0) is 54.5 Å². The van der Waals surface area contributed by atoms with Crippen LogP contribution in [0.1, 0.15) is 45.9 Å². The summed E-state index contributed by atoms with van der Waals surface area (Å²) in [6, 6.07) is 18.2. The van der Waals surface area contributed by atoms with E-state index in [9.17, 15) is 13.6 Å². The molecule has 1 fully saturated rings. The molecule has 5 heterocycles. The number of pyridine rings is 1. The van der Waals surface area contributed by atoms with Crippen molar-refractivity contribution in [2.45, 2.75) is 26.4 Å². The third-order valence-electron chi connectivity index (χ3n) is 7.98. The van der Waals surface area contributed by atoms with E-state index in [1.807, 2.05) is 62.4 Å². The number of rotatable bonds is 7. The van der Waals surface area contributed by atoms with Crippen LogP contribution in [0.5, 0.6) is 0 Å². The monoisotopic (exact) mass is 610 g/mol. The van der Waals surface area contributed by atoms with Crippen LogP contribution in [0.15, 0.2) is 71.3 Å². The lowest BCUT2D eigenvalue weighted by molar-refractivity contribution is 0.0385. The number of amides is 1. The number of hydrogen-bond acceptors (Lipinski definition) is 9. The molecule has 7 rings (SSSR count). The summed E-state index contributed by atoms with van der Waals surface area (Å²) in [5.41, 5.74) is 6.97. The number of aromatic nitrogens is 8. The Balaban J connectivity index is 1.08. The smallest absolute Gasteiger partial charge is 0.350 e. The van der Waals surface area contributed by atoms with Gasteiger partial charge in [0.1, 0.15) is 11.2 Å². The van der Waals surface area contributed by atoms with Gasteiger partial charge in [0.15, 0.2) is 11.4 Å². The molecule has 0 radical (unpaired) electrons. The van der Waals surface area contributed by atoms with Crippen LogP contribution < -0.4 is 0 Å². The molecule has 1 aliphatic rings. The minimum absolute atomic E-state index is 0.177. The van der Waals surface area contributed by atoms with Gasteiger partial charge in [-0.25, -0.2) is 4.98 Å². The lowest BCUT2D eigenvalue weighted by Gasteiger charge is -2.38. The molecule has 12 nitrogen and oxygen atoms in total. The van der Waals surface area contributed by atoms with Crippen LogP contribution in [0.2, 0.25) is 0 Å². The number of aryl methyl sites for hydroxylation is 2. The van der Waals surface area contributed by atoms with E-state index in [0.29, 0.717) is 53.5 Å². The fraction of sp³-hybridized carbons (Fsp3) is 0.258. The number of carbonyl (C=O) groups is 1. The molecule has 0 saturated carbocycles. The molecule has 4 aromatic heterocycles. The first-order chi connectivity index (χ1) is 21.9. The first-order valence-electron chi connectivity index (χ1n) is 14.4. The zero-order chi connectivity index (χ0) is 31.1. The molecule has 0 bridgehead atoms. The van der Waals surface area contributed by atoms with E-state index in [0.717, 1.165) is 28.1 Å². The zero-order valence-electron chi connectivity index (χ0n) is 24.4. The second-order valence-electron chi connectivity index (χ2n) is 10.8. The first kappa shape index (κ1) is 28.4. The van der Waals surface area contributed by atoms with Crippen LogP contribution in [0.4, 0.5) is 8.78 Å². The summed E-state index contributed by atoms with van der Waals surface area (Å²) in [5.74, 6) is 0.342. The Hall–Kier alpha value is -5.37. The number of oxazole rings is 1. The van der Waals surface area contributed by atoms with Crippen molar-refractivity contribution < 1.29 is 18.0 Å². The fourth-order valence-electron chi connectivity index (χ4n) is 5.80. The highest BCUT2D eigenvalue weighted by atomic mass is 19.3. The highest BCUT2D eigenvalue weighted by molar-refractivity contribution is 5.93. The van der Waals surface area contributed by atoms with Gasteiger partial charge >= 0.3 is 6.55 Å². The van der Waals surface area contributed by atoms with Gasteiger partial charge < -0.3 is 9.32 Å². The highest BCUT2D eigenvalue weighted by Crippen LogP contribution is 2.32. The lowest BCUT2D eigenvalue weighted by atomic mass is 10.0. The maximum atomic E-state index is 13.6. The standard InChI is InChI=1S/C31H28F2N10O2/c1-18-26(19(2)37-36-18)21-8-9-25-23(16-21)35-29(45-25)22-10-11-34-24(17-22)30(44)42-14-12-41(13-15-42)27(20-6-4-3-5-7-20)28-38-40-43(39-28)31(32)33/h3-11,16-17,27,31H,12-15H2,1-2H3,(H,36,37). The van der Waals surface area contributed by atoms with Gasteiger partial charge in [-0.2, -0.15) is 13.9 Å². The fourth-order valence-corrected chi connectivity index (χ4v) is 5.80. The van der Waals surface area contributed by atoms with Crippen LogP contribution in [0.25, 0.3) is 33.7 Å². The summed E-state index contributed by atoms with van der Waals surface area (Å²) in [7, 11) is 0. The second-order valence-corrected chi connectivity index (χ2v) is 10.8. The maximum absolute atomic E-state index is 13.6. The van der Waals surface area contributed by atoms with E-state index in [1.54, 1.807) is 23.2 Å². The van der Waals surface area contributed by atoms with Crippen LogP contribution in [-0.2, 0) is 0 Å². The third-order valence-corrected chi connectivity index (χ3v) is 7.98. The van der Waals surface area contributed by atoms with Gasteiger partial charge in [0.05, 0.1) is 11.7 Å². The van der Waals surface area contributed by atoms with Crippen molar-refractivity contribution in [2.75, 3.05) is 26.2 Å². The van der Waals surface area contributed by atoms with Crippen LogP contribution in [-0.4, -0.2) is 82.3 Å². The predicted octanol–water partition coefficient (Wildman–Crippen LogP) is 4.83. The van der Waals surface area contributed by atoms with Crippen molar-refractivity contribution in [3.05, 3.63) is 95.3 Å². The van der Waals surface area contributed by atoms with Crippen molar-refractivity contribution in [2.24, 2.45) is 0 Å². The Morgan fingerprint density at radius 3 is 2.49 bits per heavy atom. The largest absolute Gasteiger partial charge is 0.436 e. The van der Waals surface area contributed by atoms with Crippen molar-refractivity contribution >= 4 is 17.0 Å². The number of carbonyl (C=O) groups excluding carboxylic acids is 1. The van der Waals surface area contributed by atoms with E-state index >= 15 is 0 Å². The van der Waals surface area contributed by atoms with Crippen molar-refractivity contribution in [1.29, 1.82) is 0 Å². The van der Waals surface area contributed by atoms with E-state index in [1.165, 1.54) is 0 Å². The number of halogens is 2. The Bertz CT molecular complexity index is 1960. The average molecular weight is 611 g/mol. The van der Waals surface area contributed by atoms with Gasteiger partial charge in [0.25, 0.3) is 5.91 Å². The molecule has 45 heavy (non-hydrogen) atoms. The normalized spacial score (nSPS) is 14.8. The molecule has 0 aliphatic carbocycles. The Labute approximate surface area is 255 Å². The minimum Gasteiger partial charge on any atom is -0.436 e. The van der Waals surface area contributed by atoms with Gasteiger partial charge in [-0.15, -0.1) is 10.2 Å². The second kappa shape index (κ2) is 11.6. The van der Waals surface area contributed by atoms with Gasteiger partial charge in [-0.3, -0.25) is 19.8 Å². The Kier molecular flexibility index (Phi) is 7.33. The summed E-state index contributed by atoms with van der Waals surface area (Å²) in [5, 5.41) is 18.7. The maximum Gasteiger partial charge on any atom is 0.350 e. The summed E-state index contributed by atoms with van der Waals surface area (Å²) < 4.78 is 32.4. The topological polar surface area (TPSA) is 135 Å². The summed E-state index contributed by atoms with van der Waals surface area (Å²) >= 11 is 0. The van der Waals surface area contributed by atoms with Crippen molar-refractivity contribution in [3.63, 3.8) is 0 Å². The number of fused-ring (bicyclic) bond motifs is 1. The summed E-state index contributed by atoms with van der Waals surface area (Å²) in [6.07, 6.45) is 1.57. The zero-order valence-corrected chi connectivity index (χ0v) is 24.4. The minimum atomic E-state index is -2.89. The molecule has 1 unspecified atom stereocenters. The SMILES string of the molecule is Cc1n[nH]c(C)c1-c1ccc2oc(-c3ccnc(C(=O)N4CCN(C(c5ccccc5)c5nnn(C(F)F)n5)CC4)c3)nc2c1. The van der Waals surface area contributed by atoms with Crippen molar-refractivity contribution in [3.8, 4) is 22.6 Å². The third kappa shape index (κ3) is 5.44. The number of H-pyrrole nitrogens is 1. The number of nitrogens with zero attached hydrogens (tertiary/aromatic N) is 9. The molecular formula is C31H28F2N10O2. The quantitative estimate of drug-likeness (QED) is 0.270. The number of benzene rings is 2. The molecule has 14 heteroatoms. The summed E-state index contributed by atoms with van der Waals surface area (Å²) in [6.45, 7) is 2.78. The van der Waals surface area contributed by atoms with E-state index < -0.39 is 12.6 Å². The van der Waals surface area contributed by atoms with E-state index in [2.05, 4.69) is 35.5 Å². The Morgan fingerprint density at radius 2 is 1.78 bits per heavy atom.